The molecule has 2 aromatic carbocycles. The lowest BCUT2D eigenvalue weighted by Gasteiger charge is -2.34. The molecular formula is C17H16F3N3O. The van der Waals surface area contributed by atoms with Crippen LogP contribution in [0.4, 0.5) is 18.9 Å². The number of fused-ring (bicyclic) bond motifs is 1. The molecule has 0 bridgehead atoms. The third kappa shape index (κ3) is 2.82. The van der Waals surface area contributed by atoms with Crippen LogP contribution in [0.1, 0.15) is 28.4 Å². The van der Waals surface area contributed by atoms with Crippen LogP contribution in [0.2, 0.25) is 0 Å². The highest BCUT2D eigenvalue weighted by Crippen LogP contribution is 2.33. The van der Waals surface area contributed by atoms with E-state index in [2.05, 4.69) is 10.7 Å². The highest BCUT2D eigenvalue weighted by molar-refractivity contribution is 6.00. The predicted molar refractivity (Wildman–Crippen MR) is 84.1 cm³/mol. The Balaban J connectivity index is 2.02. The van der Waals surface area contributed by atoms with Crippen LogP contribution >= 0.6 is 0 Å². The SMILES string of the molecule is CN1NC(C)(c2ccc(C(F)(F)F)cc2)Nc2ccccc2C1=O. The Morgan fingerprint density at radius 3 is 2.29 bits per heavy atom. The second-order valence-electron chi connectivity index (χ2n) is 5.85. The molecule has 1 unspecified atom stereocenters. The van der Waals surface area contributed by atoms with Gasteiger partial charge in [0.25, 0.3) is 5.91 Å². The number of hydrogen-bond donors (Lipinski definition) is 2. The second kappa shape index (κ2) is 5.52. The number of rotatable bonds is 1. The molecule has 126 valence electrons. The summed E-state index contributed by atoms with van der Waals surface area (Å²) in [6.45, 7) is 1.77. The van der Waals surface area contributed by atoms with E-state index in [1.54, 1.807) is 38.2 Å². The Labute approximate surface area is 137 Å². The van der Waals surface area contributed by atoms with Gasteiger partial charge < -0.3 is 5.32 Å². The van der Waals surface area contributed by atoms with Gasteiger partial charge in [-0.3, -0.25) is 9.80 Å². The van der Waals surface area contributed by atoms with Crippen LogP contribution in [0.3, 0.4) is 0 Å². The van der Waals surface area contributed by atoms with Crippen molar-refractivity contribution in [2.24, 2.45) is 0 Å². The van der Waals surface area contributed by atoms with Gasteiger partial charge in [0.05, 0.1) is 11.1 Å². The maximum Gasteiger partial charge on any atom is 0.416 e. The van der Waals surface area contributed by atoms with Gasteiger partial charge in [-0.15, -0.1) is 0 Å². The fourth-order valence-corrected chi connectivity index (χ4v) is 2.77. The molecule has 24 heavy (non-hydrogen) atoms. The van der Waals surface area contributed by atoms with Crippen LogP contribution in [0.15, 0.2) is 48.5 Å². The summed E-state index contributed by atoms with van der Waals surface area (Å²) in [5, 5.41) is 4.55. The monoisotopic (exact) mass is 335 g/mol. The van der Waals surface area contributed by atoms with Crippen molar-refractivity contribution < 1.29 is 18.0 Å². The van der Waals surface area contributed by atoms with Crippen molar-refractivity contribution in [2.75, 3.05) is 12.4 Å². The van der Waals surface area contributed by atoms with Gasteiger partial charge in [-0.2, -0.15) is 13.2 Å². The van der Waals surface area contributed by atoms with Crippen LogP contribution in [0, 0.1) is 0 Å². The molecule has 0 aliphatic carbocycles. The summed E-state index contributed by atoms with van der Waals surface area (Å²) in [7, 11) is 1.58. The zero-order chi connectivity index (χ0) is 17.5. The Hall–Kier alpha value is -2.54. The number of alkyl halides is 3. The van der Waals surface area contributed by atoms with Gasteiger partial charge in [0, 0.05) is 12.7 Å². The van der Waals surface area contributed by atoms with Crippen molar-refractivity contribution in [3.05, 3.63) is 65.2 Å². The Kier molecular flexibility index (Phi) is 3.76. The first-order valence-corrected chi connectivity index (χ1v) is 7.31. The zero-order valence-corrected chi connectivity index (χ0v) is 13.1. The molecule has 2 aromatic rings. The van der Waals surface area contributed by atoms with Crippen LogP contribution in [-0.4, -0.2) is 18.0 Å². The lowest BCUT2D eigenvalue weighted by Crippen LogP contribution is -2.53. The molecule has 0 fully saturated rings. The Morgan fingerprint density at radius 1 is 1.04 bits per heavy atom. The van der Waals surface area contributed by atoms with Crippen molar-refractivity contribution in [1.82, 2.24) is 10.4 Å². The fraction of sp³-hybridized carbons (Fsp3) is 0.235. The first-order valence-electron chi connectivity index (χ1n) is 7.31. The molecule has 2 N–H and O–H groups in total. The van der Waals surface area contributed by atoms with Gasteiger partial charge in [0.2, 0.25) is 0 Å². The summed E-state index contributed by atoms with van der Waals surface area (Å²) in [4.78, 5) is 12.4. The number of anilines is 1. The minimum Gasteiger partial charge on any atom is -0.362 e. The van der Waals surface area contributed by atoms with Crippen LogP contribution in [-0.2, 0) is 11.8 Å². The van der Waals surface area contributed by atoms with Crippen LogP contribution in [0.25, 0.3) is 0 Å². The van der Waals surface area contributed by atoms with Gasteiger partial charge in [-0.25, -0.2) is 5.43 Å². The van der Waals surface area contributed by atoms with E-state index < -0.39 is 17.4 Å². The molecule has 1 atom stereocenters. The van der Waals surface area contributed by atoms with E-state index in [1.807, 2.05) is 0 Å². The minimum absolute atomic E-state index is 0.228. The molecule has 0 saturated heterocycles. The number of hydrazine groups is 1. The average Bonchev–Trinajstić information content (AvgIpc) is 2.63. The van der Waals surface area contributed by atoms with Crippen molar-refractivity contribution in [2.45, 2.75) is 18.8 Å². The molecule has 0 saturated carbocycles. The lowest BCUT2D eigenvalue weighted by molar-refractivity contribution is -0.137. The van der Waals surface area contributed by atoms with Gasteiger partial charge in [-0.1, -0.05) is 24.3 Å². The van der Waals surface area contributed by atoms with Gasteiger partial charge in [0.1, 0.15) is 5.66 Å². The molecule has 1 amide bonds. The number of halogens is 3. The van der Waals surface area contributed by atoms with Crippen molar-refractivity contribution in [1.29, 1.82) is 0 Å². The zero-order valence-electron chi connectivity index (χ0n) is 13.1. The van der Waals surface area contributed by atoms with E-state index in [-0.39, 0.29) is 5.91 Å². The molecule has 0 radical (unpaired) electrons. The second-order valence-corrected chi connectivity index (χ2v) is 5.85. The summed E-state index contributed by atoms with van der Waals surface area (Å²) in [5.74, 6) is -0.228. The van der Waals surface area contributed by atoms with Crippen LogP contribution < -0.4 is 10.7 Å². The molecular weight excluding hydrogens is 319 g/mol. The van der Waals surface area contributed by atoms with Crippen LogP contribution in [0.5, 0.6) is 0 Å². The number of nitrogens with zero attached hydrogens (tertiary/aromatic N) is 1. The molecule has 4 nitrogen and oxygen atoms in total. The maximum absolute atomic E-state index is 12.7. The normalized spacial score (nSPS) is 21.0. The Bertz CT molecular complexity index is 773. The summed E-state index contributed by atoms with van der Waals surface area (Å²) in [5.41, 5.74) is 3.04. The number of benzene rings is 2. The van der Waals surface area contributed by atoms with Gasteiger partial charge in [0.15, 0.2) is 0 Å². The average molecular weight is 335 g/mol. The van der Waals surface area contributed by atoms with E-state index in [4.69, 9.17) is 0 Å². The quantitative estimate of drug-likeness (QED) is 0.837. The first-order chi connectivity index (χ1) is 11.2. The molecule has 0 spiro atoms. The minimum atomic E-state index is -4.39. The molecule has 7 heteroatoms. The van der Waals surface area contributed by atoms with Crippen molar-refractivity contribution in [3.63, 3.8) is 0 Å². The number of carbonyl (C=O) groups excluding carboxylic acids is 1. The third-order valence-corrected chi connectivity index (χ3v) is 4.03. The lowest BCUT2D eigenvalue weighted by atomic mass is 9.99. The highest BCUT2D eigenvalue weighted by atomic mass is 19.4. The van der Waals surface area contributed by atoms with Gasteiger partial charge >= 0.3 is 6.18 Å². The molecule has 1 aliphatic rings. The maximum atomic E-state index is 12.7. The number of hydrogen-bond acceptors (Lipinski definition) is 3. The summed E-state index contributed by atoms with van der Waals surface area (Å²) in [6, 6.07) is 11.9. The van der Waals surface area contributed by atoms with E-state index in [9.17, 15) is 18.0 Å². The predicted octanol–water partition coefficient (Wildman–Crippen LogP) is 3.58. The standard InChI is InChI=1S/C17H16F3N3O/c1-16(11-7-9-12(10-8-11)17(18,19)20)21-14-6-4-3-5-13(14)15(24)23(2)22-16/h3-10,21-22H,1-2H3. The van der Waals surface area contributed by atoms with Crippen molar-refractivity contribution >= 4 is 11.6 Å². The molecule has 1 heterocycles. The number of nitrogens with one attached hydrogen (secondary N) is 2. The van der Waals surface area contributed by atoms with E-state index >= 15 is 0 Å². The number of para-hydroxylation sites is 1. The number of carbonyl (C=O) groups is 1. The Morgan fingerprint density at radius 2 is 1.67 bits per heavy atom. The van der Waals surface area contributed by atoms with Gasteiger partial charge in [-0.05, 0) is 36.8 Å². The fourth-order valence-electron chi connectivity index (χ4n) is 2.77. The summed E-state index contributed by atoms with van der Waals surface area (Å²) >= 11 is 0. The van der Waals surface area contributed by atoms with E-state index in [0.717, 1.165) is 12.1 Å². The largest absolute Gasteiger partial charge is 0.416 e. The first kappa shape index (κ1) is 16.3. The smallest absolute Gasteiger partial charge is 0.362 e. The molecule has 0 aromatic heterocycles. The van der Waals surface area contributed by atoms with E-state index in [1.165, 1.54) is 17.1 Å². The third-order valence-electron chi connectivity index (χ3n) is 4.03. The summed E-state index contributed by atoms with van der Waals surface area (Å²) in [6.07, 6.45) is -4.39. The molecule has 1 aliphatic heterocycles. The number of amides is 1. The topological polar surface area (TPSA) is 44.4 Å². The van der Waals surface area contributed by atoms with E-state index in [0.29, 0.717) is 16.8 Å². The van der Waals surface area contributed by atoms with Crippen molar-refractivity contribution in [3.8, 4) is 0 Å². The highest BCUT2D eigenvalue weighted by Gasteiger charge is 2.36. The molecule has 3 rings (SSSR count). The summed E-state index contributed by atoms with van der Waals surface area (Å²) < 4.78 is 38.2.